The fourth-order valence-electron chi connectivity index (χ4n) is 1.23. The molecule has 1 rings (SSSR count). The van der Waals surface area contributed by atoms with Crippen LogP contribution >= 0.6 is 11.3 Å². The van der Waals surface area contributed by atoms with Gasteiger partial charge in [0, 0.05) is 11.6 Å². The Bertz CT molecular complexity index is 411. The molecule has 0 aromatic carbocycles. The van der Waals surface area contributed by atoms with Gasteiger partial charge in [0.2, 0.25) is 0 Å². The molecule has 6 nitrogen and oxygen atoms in total. The van der Waals surface area contributed by atoms with Gasteiger partial charge in [0.05, 0.1) is 12.5 Å². The summed E-state index contributed by atoms with van der Waals surface area (Å²) in [6, 6.07) is -0.669. The van der Waals surface area contributed by atoms with Crippen molar-refractivity contribution in [3.05, 3.63) is 16.6 Å². The van der Waals surface area contributed by atoms with Crippen LogP contribution < -0.4 is 5.32 Å². The topological polar surface area (TPSA) is 88.5 Å². The van der Waals surface area contributed by atoms with Gasteiger partial charge in [-0.3, -0.25) is 4.79 Å². The van der Waals surface area contributed by atoms with E-state index in [1.807, 2.05) is 0 Å². The van der Waals surface area contributed by atoms with Gasteiger partial charge in [0.15, 0.2) is 0 Å². The van der Waals surface area contributed by atoms with Crippen LogP contribution in [0.1, 0.15) is 38.2 Å². The lowest BCUT2D eigenvalue weighted by Gasteiger charge is -2.22. The molecule has 0 fully saturated rings. The molecule has 0 bridgehead atoms. The molecule has 0 radical (unpaired) electrons. The standard InChI is InChI=1S/C11H16N2O4S/c1-11(2,3)17-10(16)13-7(6-8(14)15)9-12-4-5-18-9/h4-5,7H,6H2,1-3H3,(H,13,16)(H,14,15)/t7-/m0/s1. The van der Waals surface area contributed by atoms with Gasteiger partial charge in [-0.05, 0) is 20.8 Å². The van der Waals surface area contributed by atoms with Crippen LogP contribution in [0.2, 0.25) is 0 Å². The van der Waals surface area contributed by atoms with Gasteiger partial charge < -0.3 is 15.2 Å². The maximum Gasteiger partial charge on any atom is 0.408 e. The predicted molar refractivity (Wildman–Crippen MR) is 66.5 cm³/mol. The van der Waals surface area contributed by atoms with E-state index in [0.29, 0.717) is 5.01 Å². The minimum Gasteiger partial charge on any atom is -0.481 e. The number of thiazole rings is 1. The van der Waals surface area contributed by atoms with Crippen molar-refractivity contribution in [3.63, 3.8) is 0 Å². The first-order valence-electron chi connectivity index (χ1n) is 5.38. The number of aromatic nitrogens is 1. The van der Waals surface area contributed by atoms with Crippen molar-refractivity contribution in [2.45, 2.75) is 38.8 Å². The number of carbonyl (C=O) groups excluding carboxylic acids is 1. The van der Waals surface area contributed by atoms with Gasteiger partial charge in [-0.2, -0.15) is 0 Å². The van der Waals surface area contributed by atoms with E-state index in [1.54, 1.807) is 32.3 Å². The number of hydrogen-bond acceptors (Lipinski definition) is 5. The van der Waals surface area contributed by atoms with Crippen molar-refractivity contribution < 1.29 is 19.4 Å². The third kappa shape index (κ3) is 5.13. The molecule has 0 spiro atoms. The van der Waals surface area contributed by atoms with Crippen LogP contribution in [-0.2, 0) is 9.53 Å². The molecule has 7 heteroatoms. The molecule has 0 aliphatic rings. The predicted octanol–water partition coefficient (Wildman–Crippen LogP) is 2.18. The van der Waals surface area contributed by atoms with E-state index >= 15 is 0 Å². The minimum atomic E-state index is -1.01. The maximum absolute atomic E-state index is 11.6. The molecule has 1 aromatic rings. The van der Waals surface area contributed by atoms with Gasteiger partial charge >= 0.3 is 12.1 Å². The number of ether oxygens (including phenoxy) is 1. The van der Waals surface area contributed by atoms with Crippen molar-refractivity contribution in [2.24, 2.45) is 0 Å². The second-order valence-electron chi connectivity index (χ2n) is 4.67. The number of rotatable bonds is 4. The molecule has 2 N–H and O–H groups in total. The minimum absolute atomic E-state index is 0.229. The van der Waals surface area contributed by atoms with Crippen molar-refractivity contribution in [1.82, 2.24) is 10.3 Å². The fourth-order valence-corrected chi connectivity index (χ4v) is 1.92. The van der Waals surface area contributed by atoms with E-state index in [9.17, 15) is 9.59 Å². The lowest BCUT2D eigenvalue weighted by Crippen LogP contribution is -2.35. The molecule has 0 saturated heterocycles. The van der Waals surface area contributed by atoms with E-state index in [1.165, 1.54) is 11.3 Å². The highest BCUT2D eigenvalue weighted by Gasteiger charge is 2.23. The molecule has 0 unspecified atom stereocenters. The Hall–Kier alpha value is -1.63. The smallest absolute Gasteiger partial charge is 0.408 e. The molecule has 0 saturated carbocycles. The fraction of sp³-hybridized carbons (Fsp3) is 0.545. The Balaban J connectivity index is 2.68. The molecule has 1 aromatic heterocycles. The number of amides is 1. The second kappa shape index (κ2) is 5.81. The van der Waals surface area contributed by atoms with Crippen LogP contribution in [0.3, 0.4) is 0 Å². The van der Waals surface area contributed by atoms with E-state index in [4.69, 9.17) is 9.84 Å². The quantitative estimate of drug-likeness (QED) is 0.877. The highest BCUT2D eigenvalue weighted by molar-refractivity contribution is 7.09. The van der Waals surface area contributed by atoms with E-state index in [-0.39, 0.29) is 6.42 Å². The SMILES string of the molecule is CC(C)(C)OC(=O)N[C@@H](CC(=O)O)c1nccs1. The lowest BCUT2D eigenvalue weighted by molar-refractivity contribution is -0.137. The van der Waals surface area contributed by atoms with Crippen LogP contribution in [-0.4, -0.2) is 27.8 Å². The summed E-state index contributed by atoms with van der Waals surface area (Å²) in [5, 5.41) is 13.6. The summed E-state index contributed by atoms with van der Waals surface area (Å²) in [7, 11) is 0. The Morgan fingerprint density at radius 2 is 2.22 bits per heavy atom. The van der Waals surface area contributed by atoms with E-state index in [0.717, 1.165) is 0 Å². The van der Waals surface area contributed by atoms with Crippen molar-refractivity contribution in [3.8, 4) is 0 Å². The largest absolute Gasteiger partial charge is 0.481 e. The Labute approximate surface area is 109 Å². The Morgan fingerprint density at radius 1 is 1.56 bits per heavy atom. The van der Waals surface area contributed by atoms with E-state index in [2.05, 4.69) is 10.3 Å². The van der Waals surface area contributed by atoms with Crippen LogP contribution in [0.25, 0.3) is 0 Å². The number of aliphatic carboxylic acids is 1. The van der Waals surface area contributed by atoms with E-state index < -0.39 is 23.7 Å². The summed E-state index contributed by atoms with van der Waals surface area (Å²) in [5.41, 5.74) is -0.624. The van der Waals surface area contributed by atoms with Crippen molar-refractivity contribution >= 4 is 23.4 Å². The molecule has 1 heterocycles. The molecule has 0 aliphatic heterocycles. The van der Waals surface area contributed by atoms with Crippen LogP contribution in [0.15, 0.2) is 11.6 Å². The summed E-state index contributed by atoms with van der Waals surface area (Å²) in [6.45, 7) is 5.21. The molecule has 100 valence electrons. The summed E-state index contributed by atoms with van der Waals surface area (Å²) in [4.78, 5) is 26.4. The number of carbonyl (C=O) groups is 2. The lowest BCUT2D eigenvalue weighted by atomic mass is 10.2. The first-order chi connectivity index (χ1) is 8.28. The highest BCUT2D eigenvalue weighted by atomic mass is 32.1. The first-order valence-corrected chi connectivity index (χ1v) is 6.26. The molecular formula is C11H16N2O4S. The van der Waals surface area contributed by atoms with Crippen LogP contribution in [0.4, 0.5) is 4.79 Å². The molecule has 1 atom stereocenters. The molecule has 18 heavy (non-hydrogen) atoms. The second-order valence-corrected chi connectivity index (χ2v) is 5.59. The maximum atomic E-state index is 11.6. The number of nitrogens with one attached hydrogen (secondary N) is 1. The van der Waals surface area contributed by atoms with Gasteiger partial charge in [0.1, 0.15) is 10.6 Å². The monoisotopic (exact) mass is 272 g/mol. The number of carboxylic acids is 1. The van der Waals surface area contributed by atoms with Gasteiger partial charge in [0.25, 0.3) is 0 Å². The third-order valence-corrected chi connectivity index (χ3v) is 2.71. The zero-order valence-electron chi connectivity index (χ0n) is 10.5. The average molecular weight is 272 g/mol. The van der Waals surface area contributed by atoms with Gasteiger partial charge in [-0.1, -0.05) is 0 Å². The molecule has 1 amide bonds. The van der Waals surface area contributed by atoms with Gasteiger partial charge in [-0.25, -0.2) is 9.78 Å². The van der Waals surface area contributed by atoms with Gasteiger partial charge in [-0.15, -0.1) is 11.3 Å². The number of carboxylic acid groups (broad SMARTS) is 1. The highest BCUT2D eigenvalue weighted by Crippen LogP contribution is 2.20. The molecular weight excluding hydrogens is 256 g/mol. The zero-order valence-corrected chi connectivity index (χ0v) is 11.3. The summed E-state index contributed by atoms with van der Waals surface area (Å²) >= 11 is 1.29. The average Bonchev–Trinajstić information content (AvgIpc) is 2.64. The van der Waals surface area contributed by atoms with Crippen LogP contribution in [0.5, 0.6) is 0 Å². The zero-order chi connectivity index (χ0) is 13.8. The number of alkyl carbamates (subject to hydrolysis) is 1. The van der Waals surface area contributed by atoms with Crippen molar-refractivity contribution in [1.29, 1.82) is 0 Å². The Morgan fingerprint density at radius 3 is 2.67 bits per heavy atom. The molecule has 0 aliphatic carbocycles. The summed E-state index contributed by atoms with van der Waals surface area (Å²) in [5.74, 6) is -1.01. The summed E-state index contributed by atoms with van der Waals surface area (Å²) < 4.78 is 5.08. The van der Waals surface area contributed by atoms with Crippen molar-refractivity contribution in [2.75, 3.05) is 0 Å². The van der Waals surface area contributed by atoms with Crippen LogP contribution in [0, 0.1) is 0 Å². The first kappa shape index (κ1) is 14.4. The Kier molecular flexibility index (Phi) is 4.66. The summed E-state index contributed by atoms with van der Waals surface area (Å²) in [6.07, 6.45) is 0.683. The number of nitrogens with zero attached hydrogens (tertiary/aromatic N) is 1. The normalized spacial score (nSPS) is 12.8. The third-order valence-electron chi connectivity index (χ3n) is 1.82. The number of hydrogen-bond donors (Lipinski definition) is 2.